The molecule has 18 heteroatoms. The molecule has 2 aliphatic carbocycles. The number of rotatable bonds is 6. The number of nitrogens with zero attached hydrogens (tertiary/aromatic N) is 6. The molecule has 310 valence electrons. The maximum absolute atomic E-state index is 15.2. The number of allylic oxidation sites excluding steroid dienone is 2. The minimum absolute atomic E-state index is 0.0102. The Balaban J connectivity index is 1.13. The number of hydrazine groups is 1. The van der Waals surface area contributed by atoms with E-state index in [0.717, 1.165) is 41.5 Å². The number of aromatic nitrogens is 3. The standard InChI is InChI=1S/C42H35Cl2F3N6O6S/c1-18-23-15-20(43)7-12-30(23)60-35(18)27-17-32(50(3)49-27)52-38(56)25-16-24-21(34(41(25,2)40(52)58)19-6-11-28(54)29(14-19)59-5)8-9-22-33(24)39(57)53(37(22)55)51(4)36-26(44)10-13-31(48-36)42(45,46)47/h6-8,10-15,17,22,24-25,33-34,54H,9,16H2,1-5H3/t22-,24+,25-,33-,34-,41+/m0/s1. The Bertz CT molecular complexity index is 2750. The van der Waals surface area contributed by atoms with E-state index in [1.165, 1.54) is 36.2 Å². The molecule has 12 nitrogen and oxygen atoms in total. The predicted octanol–water partition coefficient (Wildman–Crippen LogP) is 8.33. The number of thiophene rings is 1. The maximum atomic E-state index is 15.2. The molecule has 0 bridgehead atoms. The van der Waals surface area contributed by atoms with E-state index in [2.05, 4.69) is 4.98 Å². The lowest BCUT2D eigenvalue weighted by Gasteiger charge is -2.49. The number of carbonyl (C=O) groups excluding carboxylic acids is 4. The number of amides is 4. The molecule has 9 rings (SSSR count). The first-order chi connectivity index (χ1) is 28.4. The number of aryl methyl sites for hydroxylation is 2. The first-order valence-corrected chi connectivity index (χ1v) is 20.5. The lowest BCUT2D eigenvalue weighted by Crippen LogP contribution is -2.49. The Morgan fingerprint density at radius 1 is 1.00 bits per heavy atom. The third kappa shape index (κ3) is 5.70. The summed E-state index contributed by atoms with van der Waals surface area (Å²) in [7, 11) is 4.28. The van der Waals surface area contributed by atoms with E-state index in [0.29, 0.717) is 27.9 Å². The first kappa shape index (κ1) is 40.0. The molecule has 1 saturated carbocycles. The van der Waals surface area contributed by atoms with Crippen molar-refractivity contribution in [2.24, 2.45) is 36.1 Å². The molecule has 5 aromatic rings. The zero-order chi connectivity index (χ0) is 42.9. The number of alkyl halides is 3. The van der Waals surface area contributed by atoms with E-state index in [1.807, 2.05) is 25.1 Å². The van der Waals surface area contributed by atoms with Crippen LogP contribution < -0.4 is 14.6 Å². The second-order valence-corrected chi connectivity index (χ2v) is 17.7. The van der Waals surface area contributed by atoms with Crippen LogP contribution in [0.5, 0.6) is 11.5 Å². The Kier molecular flexibility index (Phi) is 9.19. The van der Waals surface area contributed by atoms with Crippen molar-refractivity contribution in [3.8, 4) is 22.1 Å². The fraction of sp³-hybridized carbons (Fsp3) is 0.333. The molecule has 0 spiro atoms. The van der Waals surface area contributed by atoms with Crippen molar-refractivity contribution in [1.82, 2.24) is 19.8 Å². The summed E-state index contributed by atoms with van der Waals surface area (Å²) in [5.41, 5.74) is -0.0127. The highest BCUT2D eigenvalue weighted by molar-refractivity contribution is 7.22. The van der Waals surface area contributed by atoms with Crippen molar-refractivity contribution in [3.05, 3.63) is 93.1 Å². The van der Waals surface area contributed by atoms with Gasteiger partial charge in [-0.15, -0.1) is 11.3 Å². The molecule has 4 aliphatic rings. The van der Waals surface area contributed by atoms with Crippen LogP contribution in [-0.2, 0) is 32.4 Å². The summed E-state index contributed by atoms with van der Waals surface area (Å²) >= 11 is 14.1. The quantitative estimate of drug-likeness (QED) is 0.132. The third-order valence-electron chi connectivity index (χ3n) is 12.7. The molecule has 5 heterocycles. The van der Waals surface area contributed by atoms with Gasteiger partial charge in [0.15, 0.2) is 17.3 Å². The van der Waals surface area contributed by atoms with Gasteiger partial charge < -0.3 is 9.84 Å². The maximum Gasteiger partial charge on any atom is 0.433 e. The number of halogens is 5. The second kappa shape index (κ2) is 13.8. The Morgan fingerprint density at radius 3 is 2.47 bits per heavy atom. The van der Waals surface area contributed by atoms with Crippen LogP contribution in [0.2, 0.25) is 10.0 Å². The molecule has 6 atom stereocenters. The van der Waals surface area contributed by atoms with Gasteiger partial charge in [-0.1, -0.05) is 40.9 Å². The van der Waals surface area contributed by atoms with Gasteiger partial charge in [-0.05, 0) is 91.6 Å². The number of phenolic OH excluding ortho intramolecular Hbond substituents is 1. The van der Waals surface area contributed by atoms with Crippen molar-refractivity contribution < 1.29 is 42.2 Å². The molecule has 0 radical (unpaired) electrons. The van der Waals surface area contributed by atoms with Crippen molar-refractivity contribution in [2.75, 3.05) is 24.1 Å². The average Bonchev–Trinajstić information content (AvgIpc) is 3.87. The lowest BCUT2D eigenvalue weighted by atomic mass is 9.51. The molecule has 2 aliphatic heterocycles. The number of hydrogen-bond donors (Lipinski definition) is 1. The summed E-state index contributed by atoms with van der Waals surface area (Å²) in [6.45, 7) is 3.68. The van der Waals surface area contributed by atoms with Crippen molar-refractivity contribution in [1.29, 1.82) is 0 Å². The molecular weight excluding hydrogens is 844 g/mol. The molecular formula is C42H35Cl2F3N6O6S. The van der Waals surface area contributed by atoms with E-state index < -0.39 is 76.3 Å². The van der Waals surface area contributed by atoms with Crippen LogP contribution in [0.1, 0.15) is 42.5 Å². The monoisotopic (exact) mass is 878 g/mol. The Morgan fingerprint density at radius 2 is 1.75 bits per heavy atom. The Hall–Kier alpha value is -5.45. The number of hydrogen-bond acceptors (Lipinski definition) is 10. The summed E-state index contributed by atoms with van der Waals surface area (Å²) in [6.07, 6.45) is -2.91. The van der Waals surface area contributed by atoms with E-state index >= 15 is 4.79 Å². The largest absolute Gasteiger partial charge is 0.504 e. The van der Waals surface area contributed by atoms with E-state index in [-0.39, 0.29) is 35.2 Å². The van der Waals surface area contributed by atoms with Crippen molar-refractivity contribution >= 4 is 79.9 Å². The van der Waals surface area contributed by atoms with Crippen LogP contribution in [0.15, 0.2) is 66.2 Å². The van der Waals surface area contributed by atoms with Gasteiger partial charge in [0.25, 0.3) is 11.8 Å². The second-order valence-electron chi connectivity index (χ2n) is 15.8. The van der Waals surface area contributed by atoms with E-state index in [1.54, 1.807) is 38.2 Å². The van der Waals surface area contributed by atoms with E-state index in [4.69, 9.17) is 33.0 Å². The number of imide groups is 2. The molecule has 3 aromatic heterocycles. The predicted molar refractivity (Wildman–Crippen MR) is 218 cm³/mol. The van der Waals surface area contributed by atoms with Crippen LogP contribution in [-0.4, -0.2) is 62.7 Å². The first-order valence-electron chi connectivity index (χ1n) is 18.9. The van der Waals surface area contributed by atoms with Gasteiger partial charge in [-0.25, -0.2) is 9.88 Å². The van der Waals surface area contributed by atoms with Gasteiger partial charge in [0.05, 0.1) is 40.2 Å². The SMILES string of the molecule is COc1cc([C@H]2C3=CC[C@@H]4C(=O)N(N(C)c5nc(C(F)(F)F)ccc5Cl)C(=O)[C@@H]4[C@@H]3C[C@H]3C(=O)N(c4cc(-c5sc6ccc(Cl)cc6c5C)nn4C)C(=O)[C@@]23C)ccc1O. The number of benzene rings is 2. The minimum Gasteiger partial charge on any atom is -0.504 e. The number of pyridine rings is 1. The molecule has 4 amide bonds. The minimum atomic E-state index is -4.82. The van der Waals surface area contributed by atoms with Crippen molar-refractivity contribution in [2.45, 2.75) is 38.8 Å². The summed E-state index contributed by atoms with van der Waals surface area (Å²) in [5.74, 6) is -7.16. The molecule has 3 fully saturated rings. The highest BCUT2D eigenvalue weighted by Crippen LogP contribution is 2.64. The topological polar surface area (TPSA) is 138 Å². The summed E-state index contributed by atoms with van der Waals surface area (Å²) in [4.78, 5) is 64.6. The van der Waals surface area contributed by atoms with Gasteiger partial charge in [-0.2, -0.15) is 23.3 Å². The number of anilines is 2. The van der Waals surface area contributed by atoms with Gasteiger partial charge >= 0.3 is 6.18 Å². The number of fused-ring (bicyclic) bond motifs is 5. The van der Waals surface area contributed by atoms with Gasteiger partial charge in [0.2, 0.25) is 11.8 Å². The lowest BCUT2D eigenvalue weighted by molar-refractivity contribution is -0.141. The molecule has 1 N–H and O–H groups in total. The number of phenols is 1. The van der Waals surface area contributed by atoms with Gasteiger partial charge in [0.1, 0.15) is 17.2 Å². The number of methoxy groups -OCH3 is 1. The normalized spacial score (nSPS) is 25.2. The van der Waals surface area contributed by atoms with Crippen LogP contribution in [0.25, 0.3) is 20.7 Å². The van der Waals surface area contributed by atoms with E-state index in [9.17, 15) is 32.7 Å². The van der Waals surface area contributed by atoms with Crippen LogP contribution >= 0.6 is 34.5 Å². The zero-order valence-electron chi connectivity index (χ0n) is 32.5. The van der Waals surface area contributed by atoms with Crippen LogP contribution in [0.4, 0.5) is 24.8 Å². The molecule has 60 heavy (non-hydrogen) atoms. The fourth-order valence-corrected chi connectivity index (χ4v) is 11.4. The van der Waals surface area contributed by atoms with Crippen molar-refractivity contribution in [3.63, 3.8) is 0 Å². The summed E-state index contributed by atoms with van der Waals surface area (Å²) in [5, 5.41) is 18.4. The average molecular weight is 880 g/mol. The number of aromatic hydroxyl groups is 1. The van der Waals surface area contributed by atoms with Gasteiger partial charge in [0, 0.05) is 35.8 Å². The number of carbonyl (C=O) groups is 4. The molecule has 2 saturated heterocycles. The molecule has 0 unspecified atom stereocenters. The smallest absolute Gasteiger partial charge is 0.433 e. The highest BCUT2D eigenvalue weighted by atomic mass is 35.5. The molecule has 2 aromatic carbocycles. The van der Waals surface area contributed by atoms with Gasteiger partial charge in [-0.3, -0.25) is 28.9 Å². The fourth-order valence-electron chi connectivity index (χ4n) is 9.89. The third-order valence-corrected chi connectivity index (χ3v) is 14.6. The Labute approximate surface area is 354 Å². The summed E-state index contributed by atoms with van der Waals surface area (Å²) < 4.78 is 49.1. The summed E-state index contributed by atoms with van der Waals surface area (Å²) in [6, 6.07) is 13.7. The van der Waals surface area contributed by atoms with Crippen LogP contribution in [0, 0.1) is 36.0 Å². The van der Waals surface area contributed by atoms with Crippen LogP contribution in [0.3, 0.4) is 0 Å². The zero-order valence-corrected chi connectivity index (χ0v) is 34.9. The number of ether oxygens (including phenoxy) is 1. The highest BCUT2D eigenvalue weighted by Gasteiger charge is 2.68.